The third-order valence-corrected chi connectivity index (χ3v) is 8.18. The van der Waals surface area contributed by atoms with Gasteiger partial charge in [0.1, 0.15) is 18.3 Å². The first-order valence-electron chi connectivity index (χ1n) is 12.6. The average Bonchev–Trinajstić information content (AvgIpc) is 2.88. The maximum Gasteiger partial charge on any atom is 0.244 e. The van der Waals surface area contributed by atoms with Gasteiger partial charge in [-0.3, -0.25) is 13.9 Å². The minimum absolute atomic E-state index is 0.0787. The molecule has 1 N–H and O–H groups in total. The molecule has 2 aromatic rings. The quantitative estimate of drug-likeness (QED) is 0.449. The Kier molecular flexibility index (Phi) is 10.2. The molecule has 10 heteroatoms. The molecule has 8 nitrogen and oxygen atoms in total. The van der Waals surface area contributed by atoms with Crippen molar-refractivity contribution in [3.8, 4) is 5.75 Å². The van der Waals surface area contributed by atoms with Crippen molar-refractivity contribution in [1.29, 1.82) is 0 Å². The molecule has 0 radical (unpaired) electrons. The van der Waals surface area contributed by atoms with E-state index in [0.717, 1.165) is 42.7 Å². The van der Waals surface area contributed by atoms with Gasteiger partial charge >= 0.3 is 0 Å². The first-order valence-corrected chi connectivity index (χ1v) is 14.8. The third kappa shape index (κ3) is 7.85. The summed E-state index contributed by atoms with van der Waals surface area (Å²) in [5, 5.41) is 3.59. The number of methoxy groups -OCH3 is 1. The number of carbonyl (C=O) groups excluding carboxylic acids is 2. The van der Waals surface area contributed by atoms with Crippen LogP contribution in [0.1, 0.15) is 51.0 Å². The smallest absolute Gasteiger partial charge is 0.244 e. The highest BCUT2D eigenvalue weighted by Gasteiger charge is 2.33. The molecule has 2 amide bonds. The minimum Gasteiger partial charge on any atom is -0.497 e. The lowest BCUT2D eigenvalue weighted by atomic mass is 9.95. The van der Waals surface area contributed by atoms with E-state index in [4.69, 9.17) is 16.3 Å². The van der Waals surface area contributed by atoms with Crippen LogP contribution < -0.4 is 14.4 Å². The van der Waals surface area contributed by atoms with E-state index in [1.54, 1.807) is 42.5 Å². The van der Waals surface area contributed by atoms with Crippen LogP contribution in [0.3, 0.4) is 0 Å². The molecule has 0 spiro atoms. The van der Waals surface area contributed by atoms with Gasteiger partial charge in [0.05, 0.1) is 19.1 Å². The van der Waals surface area contributed by atoms with E-state index in [1.807, 2.05) is 13.0 Å². The summed E-state index contributed by atoms with van der Waals surface area (Å²) >= 11 is 6.40. The van der Waals surface area contributed by atoms with Gasteiger partial charge in [0.25, 0.3) is 0 Å². The number of rotatable bonds is 11. The highest BCUT2D eigenvalue weighted by molar-refractivity contribution is 7.92. The van der Waals surface area contributed by atoms with E-state index < -0.39 is 28.5 Å². The predicted octanol–water partition coefficient (Wildman–Crippen LogP) is 4.37. The molecule has 202 valence electrons. The Labute approximate surface area is 225 Å². The average molecular weight is 550 g/mol. The molecular weight excluding hydrogens is 514 g/mol. The third-order valence-electron chi connectivity index (χ3n) is 6.68. The lowest BCUT2D eigenvalue weighted by molar-refractivity contribution is -0.140. The SMILES string of the molecule is CC[C@H](C(=O)NC1CCCCC1)N(Cc1ccccc1Cl)C(=O)CN(c1ccc(OC)cc1)S(C)(=O)=O. The van der Waals surface area contributed by atoms with E-state index in [-0.39, 0.29) is 18.5 Å². The zero-order valence-corrected chi connectivity index (χ0v) is 23.2. The topological polar surface area (TPSA) is 96.0 Å². The fourth-order valence-corrected chi connectivity index (χ4v) is 5.68. The maximum atomic E-state index is 13.8. The summed E-state index contributed by atoms with van der Waals surface area (Å²) < 4.78 is 31.6. The van der Waals surface area contributed by atoms with Crippen molar-refractivity contribution in [1.82, 2.24) is 10.2 Å². The van der Waals surface area contributed by atoms with Gasteiger partial charge in [-0.15, -0.1) is 0 Å². The van der Waals surface area contributed by atoms with Crippen molar-refractivity contribution in [3.05, 3.63) is 59.1 Å². The first kappa shape index (κ1) is 28.8. The van der Waals surface area contributed by atoms with Crippen LogP contribution in [-0.2, 0) is 26.2 Å². The molecule has 0 heterocycles. The molecule has 1 aliphatic carbocycles. The van der Waals surface area contributed by atoms with E-state index in [2.05, 4.69) is 5.32 Å². The van der Waals surface area contributed by atoms with Crippen LogP contribution >= 0.6 is 11.6 Å². The van der Waals surface area contributed by atoms with E-state index >= 15 is 0 Å². The van der Waals surface area contributed by atoms with E-state index in [0.29, 0.717) is 28.4 Å². The number of hydrogen-bond donors (Lipinski definition) is 1. The number of nitrogens with zero attached hydrogens (tertiary/aromatic N) is 2. The number of amides is 2. The Morgan fingerprint density at radius 1 is 1.08 bits per heavy atom. The number of carbonyl (C=O) groups is 2. The van der Waals surface area contributed by atoms with Crippen molar-refractivity contribution in [2.24, 2.45) is 0 Å². The summed E-state index contributed by atoms with van der Waals surface area (Å²) in [5.41, 5.74) is 1.01. The Morgan fingerprint density at radius 2 is 1.73 bits per heavy atom. The molecule has 0 aromatic heterocycles. The standard InChI is InChI=1S/C27H36ClN3O5S/c1-4-25(27(33)29-21-11-6-5-7-12-21)30(18-20-10-8-9-13-24(20)28)26(32)19-31(37(3,34)35)22-14-16-23(36-2)17-15-22/h8-10,13-17,21,25H,4-7,11-12,18-19H2,1-3H3,(H,29,33)/t25-/m1/s1. The number of nitrogens with one attached hydrogen (secondary N) is 1. The van der Waals surface area contributed by atoms with Crippen molar-refractivity contribution < 1.29 is 22.7 Å². The summed E-state index contributed by atoms with van der Waals surface area (Å²) in [6.07, 6.45) is 6.55. The van der Waals surface area contributed by atoms with Crippen molar-refractivity contribution in [2.75, 3.05) is 24.2 Å². The highest BCUT2D eigenvalue weighted by atomic mass is 35.5. The van der Waals surface area contributed by atoms with Gasteiger partial charge < -0.3 is 15.0 Å². The van der Waals surface area contributed by atoms with Crippen LogP contribution in [0.25, 0.3) is 0 Å². The van der Waals surface area contributed by atoms with Crippen molar-refractivity contribution >= 4 is 39.1 Å². The second kappa shape index (κ2) is 13.1. The summed E-state index contributed by atoms with van der Waals surface area (Å²) in [6, 6.07) is 12.9. The van der Waals surface area contributed by atoms with Gasteiger partial charge in [-0.1, -0.05) is 56.0 Å². The number of ether oxygens (including phenoxy) is 1. The van der Waals surface area contributed by atoms with Crippen LogP contribution in [0.5, 0.6) is 5.75 Å². The summed E-state index contributed by atoms with van der Waals surface area (Å²) in [4.78, 5) is 28.6. The second-order valence-electron chi connectivity index (χ2n) is 9.35. The highest BCUT2D eigenvalue weighted by Crippen LogP contribution is 2.24. The molecule has 1 fully saturated rings. The molecule has 1 atom stereocenters. The van der Waals surface area contributed by atoms with Crippen LogP contribution in [-0.4, -0.2) is 57.1 Å². The second-order valence-corrected chi connectivity index (χ2v) is 11.7. The largest absolute Gasteiger partial charge is 0.497 e. The van der Waals surface area contributed by atoms with Gasteiger partial charge in [0.15, 0.2) is 0 Å². The molecule has 1 aliphatic rings. The number of halogens is 1. The van der Waals surface area contributed by atoms with E-state index in [1.165, 1.54) is 12.0 Å². The monoisotopic (exact) mass is 549 g/mol. The molecule has 3 rings (SSSR count). The minimum atomic E-state index is -3.80. The number of benzene rings is 2. The molecular formula is C27H36ClN3O5S. The summed E-state index contributed by atoms with van der Waals surface area (Å²) in [6.45, 7) is 1.47. The normalized spacial score (nSPS) is 15.0. The van der Waals surface area contributed by atoms with Crippen LogP contribution in [0.2, 0.25) is 5.02 Å². The number of sulfonamides is 1. The lowest BCUT2D eigenvalue weighted by Crippen LogP contribution is -2.54. The molecule has 0 unspecified atom stereocenters. The van der Waals surface area contributed by atoms with Gasteiger partial charge in [-0.2, -0.15) is 0 Å². The molecule has 37 heavy (non-hydrogen) atoms. The molecule has 1 saturated carbocycles. The number of anilines is 1. The Morgan fingerprint density at radius 3 is 2.30 bits per heavy atom. The van der Waals surface area contributed by atoms with E-state index in [9.17, 15) is 18.0 Å². The van der Waals surface area contributed by atoms with Crippen molar-refractivity contribution in [2.45, 2.75) is 64.1 Å². The van der Waals surface area contributed by atoms with Crippen LogP contribution in [0.15, 0.2) is 48.5 Å². The maximum absolute atomic E-state index is 13.8. The molecule has 0 bridgehead atoms. The molecule has 2 aromatic carbocycles. The summed E-state index contributed by atoms with van der Waals surface area (Å²) in [7, 11) is -2.29. The zero-order valence-electron chi connectivity index (χ0n) is 21.7. The first-order chi connectivity index (χ1) is 17.6. The van der Waals surface area contributed by atoms with Gasteiger partial charge in [-0.25, -0.2) is 8.42 Å². The molecule has 0 aliphatic heterocycles. The molecule has 0 saturated heterocycles. The Hall–Kier alpha value is -2.78. The number of hydrogen-bond acceptors (Lipinski definition) is 5. The predicted molar refractivity (Wildman–Crippen MR) is 146 cm³/mol. The lowest BCUT2D eigenvalue weighted by Gasteiger charge is -2.34. The Balaban J connectivity index is 1.91. The summed E-state index contributed by atoms with van der Waals surface area (Å²) in [5.74, 6) is -0.161. The fourth-order valence-electron chi connectivity index (χ4n) is 4.64. The zero-order chi connectivity index (χ0) is 27.0. The van der Waals surface area contributed by atoms with Gasteiger partial charge in [0, 0.05) is 17.6 Å². The van der Waals surface area contributed by atoms with Crippen LogP contribution in [0, 0.1) is 0 Å². The van der Waals surface area contributed by atoms with Crippen LogP contribution in [0.4, 0.5) is 5.69 Å². The fraction of sp³-hybridized carbons (Fsp3) is 0.481. The van der Waals surface area contributed by atoms with Gasteiger partial charge in [0.2, 0.25) is 21.8 Å². The van der Waals surface area contributed by atoms with Gasteiger partial charge in [-0.05, 0) is 55.2 Å². The Bertz CT molecular complexity index is 1170. The van der Waals surface area contributed by atoms with Crippen molar-refractivity contribution in [3.63, 3.8) is 0 Å².